The molecule has 0 aromatic rings. The summed E-state index contributed by atoms with van der Waals surface area (Å²) >= 11 is 0. The molecule has 3 heteroatoms. The molecule has 1 rings (SSSR count). The van der Waals surface area contributed by atoms with E-state index >= 15 is 0 Å². The zero-order valence-electron chi connectivity index (χ0n) is 11.0. The molecule has 1 aliphatic rings. The molecule has 0 aliphatic heterocycles. The molecule has 1 aliphatic carbocycles. The van der Waals surface area contributed by atoms with Gasteiger partial charge in [-0.3, -0.25) is 0 Å². The number of hydrogen-bond donors (Lipinski definition) is 2. The van der Waals surface area contributed by atoms with E-state index in [9.17, 15) is 5.11 Å². The van der Waals surface area contributed by atoms with Crippen LogP contribution in [0, 0.1) is 11.3 Å². The SMILES string of the molecule is CCC(C)(C)CNCC(O)COCC1CC1. The topological polar surface area (TPSA) is 41.5 Å². The highest BCUT2D eigenvalue weighted by Crippen LogP contribution is 2.28. The summed E-state index contributed by atoms with van der Waals surface area (Å²) in [4.78, 5) is 0. The van der Waals surface area contributed by atoms with Crippen molar-refractivity contribution in [1.82, 2.24) is 5.32 Å². The van der Waals surface area contributed by atoms with E-state index < -0.39 is 0 Å². The summed E-state index contributed by atoms with van der Waals surface area (Å²) in [6.07, 6.45) is 3.39. The minimum atomic E-state index is -0.369. The second-order valence-corrected chi connectivity index (χ2v) is 5.78. The van der Waals surface area contributed by atoms with E-state index in [4.69, 9.17) is 4.74 Å². The molecule has 0 aromatic carbocycles. The number of ether oxygens (including phenoxy) is 1. The van der Waals surface area contributed by atoms with Crippen molar-refractivity contribution in [1.29, 1.82) is 0 Å². The van der Waals surface area contributed by atoms with Crippen molar-refractivity contribution in [2.45, 2.75) is 46.1 Å². The first-order valence-electron chi connectivity index (χ1n) is 6.50. The normalized spacial score (nSPS) is 18.8. The summed E-state index contributed by atoms with van der Waals surface area (Å²) in [6.45, 7) is 9.54. The number of hydrogen-bond acceptors (Lipinski definition) is 3. The molecule has 0 spiro atoms. The zero-order chi connectivity index (χ0) is 12.0. The summed E-state index contributed by atoms with van der Waals surface area (Å²) in [5.41, 5.74) is 0.314. The molecule has 1 unspecified atom stereocenters. The zero-order valence-corrected chi connectivity index (χ0v) is 11.0. The van der Waals surface area contributed by atoms with Crippen LogP contribution in [0.5, 0.6) is 0 Å². The van der Waals surface area contributed by atoms with Crippen LogP contribution in [0.3, 0.4) is 0 Å². The van der Waals surface area contributed by atoms with Gasteiger partial charge in [0.15, 0.2) is 0 Å². The smallest absolute Gasteiger partial charge is 0.0897 e. The first-order valence-corrected chi connectivity index (χ1v) is 6.50. The summed E-state index contributed by atoms with van der Waals surface area (Å²) in [5.74, 6) is 0.777. The Balaban J connectivity index is 1.94. The van der Waals surface area contributed by atoms with E-state index in [1.807, 2.05) is 0 Å². The standard InChI is InChI=1S/C13H27NO2/c1-4-13(2,3)10-14-7-12(15)9-16-8-11-5-6-11/h11-12,14-15H,4-10H2,1-3H3. The van der Waals surface area contributed by atoms with Gasteiger partial charge in [0.2, 0.25) is 0 Å². The third-order valence-corrected chi connectivity index (χ3v) is 3.30. The van der Waals surface area contributed by atoms with Crippen LogP contribution in [-0.4, -0.2) is 37.5 Å². The fourth-order valence-corrected chi connectivity index (χ4v) is 1.42. The molecule has 0 bridgehead atoms. The Morgan fingerprint density at radius 2 is 2.12 bits per heavy atom. The lowest BCUT2D eigenvalue weighted by Crippen LogP contribution is -2.36. The van der Waals surface area contributed by atoms with Crippen molar-refractivity contribution in [3.8, 4) is 0 Å². The highest BCUT2D eigenvalue weighted by Gasteiger charge is 2.21. The quantitative estimate of drug-likeness (QED) is 0.633. The second kappa shape index (κ2) is 6.58. The van der Waals surface area contributed by atoms with E-state index in [2.05, 4.69) is 26.1 Å². The van der Waals surface area contributed by atoms with Gasteiger partial charge in [0.05, 0.1) is 12.7 Å². The Morgan fingerprint density at radius 1 is 1.44 bits per heavy atom. The Bertz CT molecular complexity index is 190. The molecule has 0 saturated heterocycles. The molecule has 0 amide bonds. The van der Waals surface area contributed by atoms with E-state index in [-0.39, 0.29) is 6.10 Å². The Morgan fingerprint density at radius 3 is 2.69 bits per heavy atom. The molecule has 3 nitrogen and oxygen atoms in total. The number of aliphatic hydroxyl groups is 1. The largest absolute Gasteiger partial charge is 0.389 e. The maximum atomic E-state index is 9.66. The van der Waals surface area contributed by atoms with Gasteiger partial charge in [-0.1, -0.05) is 20.8 Å². The second-order valence-electron chi connectivity index (χ2n) is 5.78. The molecule has 0 radical (unpaired) electrons. The van der Waals surface area contributed by atoms with Crippen LogP contribution in [0.15, 0.2) is 0 Å². The van der Waals surface area contributed by atoms with Crippen molar-refractivity contribution in [2.24, 2.45) is 11.3 Å². The highest BCUT2D eigenvalue weighted by atomic mass is 16.5. The monoisotopic (exact) mass is 229 g/mol. The summed E-state index contributed by atoms with van der Waals surface area (Å²) in [6, 6.07) is 0. The van der Waals surface area contributed by atoms with Crippen LogP contribution in [0.1, 0.15) is 40.0 Å². The first-order chi connectivity index (χ1) is 7.53. The molecule has 1 atom stereocenters. The molecule has 0 heterocycles. The van der Waals surface area contributed by atoms with Crippen LogP contribution in [0.25, 0.3) is 0 Å². The molecule has 1 saturated carbocycles. The van der Waals surface area contributed by atoms with E-state index in [1.165, 1.54) is 12.8 Å². The predicted octanol–water partition coefficient (Wildman–Crippen LogP) is 1.80. The lowest BCUT2D eigenvalue weighted by molar-refractivity contribution is 0.0315. The van der Waals surface area contributed by atoms with Crippen LogP contribution in [0.2, 0.25) is 0 Å². The number of nitrogens with one attached hydrogen (secondary N) is 1. The van der Waals surface area contributed by atoms with Gasteiger partial charge in [0, 0.05) is 19.7 Å². The molecule has 1 fully saturated rings. The Kier molecular flexibility index (Phi) is 5.73. The molecule has 16 heavy (non-hydrogen) atoms. The minimum Gasteiger partial charge on any atom is -0.389 e. The Hall–Kier alpha value is -0.120. The maximum Gasteiger partial charge on any atom is 0.0897 e. The Labute approximate surface area is 99.6 Å². The van der Waals surface area contributed by atoms with Crippen LogP contribution in [0.4, 0.5) is 0 Å². The number of rotatable bonds is 9. The molecular formula is C13H27NO2. The number of aliphatic hydroxyl groups excluding tert-OH is 1. The fourth-order valence-electron chi connectivity index (χ4n) is 1.42. The van der Waals surface area contributed by atoms with E-state index in [1.54, 1.807) is 0 Å². The van der Waals surface area contributed by atoms with Crippen molar-refractivity contribution in [2.75, 3.05) is 26.3 Å². The summed E-state index contributed by atoms with van der Waals surface area (Å²) in [5, 5.41) is 13.0. The van der Waals surface area contributed by atoms with E-state index in [0.717, 1.165) is 25.5 Å². The van der Waals surface area contributed by atoms with Gasteiger partial charge in [-0.15, -0.1) is 0 Å². The minimum absolute atomic E-state index is 0.314. The van der Waals surface area contributed by atoms with Gasteiger partial charge >= 0.3 is 0 Å². The third kappa shape index (κ3) is 6.46. The predicted molar refractivity (Wildman–Crippen MR) is 66.5 cm³/mol. The van der Waals surface area contributed by atoms with Gasteiger partial charge < -0.3 is 15.2 Å². The average Bonchev–Trinajstić information content (AvgIpc) is 3.01. The van der Waals surface area contributed by atoms with Crippen LogP contribution >= 0.6 is 0 Å². The lowest BCUT2D eigenvalue weighted by Gasteiger charge is -2.23. The van der Waals surface area contributed by atoms with Crippen LogP contribution in [-0.2, 0) is 4.74 Å². The van der Waals surface area contributed by atoms with E-state index in [0.29, 0.717) is 18.6 Å². The third-order valence-electron chi connectivity index (χ3n) is 3.30. The van der Waals surface area contributed by atoms with Gasteiger partial charge in [-0.25, -0.2) is 0 Å². The molecule has 2 N–H and O–H groups in total. The van der Waals surface area contributed by atoms with Gasteiger partial charge in [0.25, 0.3) is 0 Å². The molecular weight excluding hydrogens is 202 g/mol. The maximum absolute atomic E-state index is 9.66. The summed E-state index contributed by atoms with van der Waals surface area (Å²) in [7, 11) is 0. The van der Waals surface area contributed by atoms with Crippen molar-refractivity contribution in [3.63, 3.8) is 0 Å². The highest BCUT2D eigenvalue weighted by molar-refractivity contribution is 4.73. The molecule has 0 aromatic heterocycles. The van der Waals surface area contributed by atoms with Crippen molar-refractivity contribution in [3.05, 3.63) is 0 Å². The van der Waals surface area contributed by atoms with Crippen LogP contribution < -0.4 is 5.32 Å². The summed E-state index contributed by atoms with van der Waals surface area (Å²) < 4.78 is 5.44. The van der Waals surface area contributed by atoms with Crippen molar-refractivity contribution < 1.29 is 9.84 Å². The van der Waals surface area contributed by atoms with Crippen molar-refractivity contribution >= 4 is 0 Å². The average molecular weight is 229 g/mol. The van der Waals surface area contributed by atoms with Gasteiger partial charge in [-0.05, 0) is 30.6 Å². The van der Waals surface area contributed by atoms with Gasteiger partial charge in [-0.2, -0.15) is 0 Å². The fraction of sp³-hybridized carbons (Fsp3) is 1.00. The molecule has 96 valence electrons. The first kappa shape index (κ1) is 13.9. The van der Waals surface area contributed by atoms with Gasteiger partial charge in [0.1, 0.15) is 0 Å². The lowest BCUT2D eigenvalue weighted by atomic mass is 9.90.